The second kappa shape index (κ2) is 13.5. The van der Waals surface area contributed by atoms with Gasteiger partial charge in [-0.1, -0.05) is 61.5 Å². The summed E-state index contributed by atoms with van der Waals surface area (Å²) in [6, 6.07) is 10.8. The Labute approximate surface area is 235 Å². The van der Waals surface area contributed by atoms with Crippen molar-refractivity contribution in [1.29, 1.82) is 0 Å². The van der Waals surface area contributed by atoms with Crippen LogP contribution >= 0.6 is 23.2 Å². The van der Waals surface area contributed by atoms with Crippen LogP contribution in [0.3, 0.4) is 0 Å². The molecule has 1 N–H and O–H groups in total. The van der Waals surface area contributed by atoms with E-state index in [1.807, 2.05) is 19.1 Å². The first-order chi connectivity index (χ1) is 18.0. The average molecular weight is 585 g/mol. The Morgan fingerprint density at radius 3 is 2.18 bits per heavy atom. The molecule has 2 aromatic rings. The number of hydrogen-bond acceptors (Lipinski definition) is 5. The van der Waals surface area contributed by atoms with Crippen LogP contribution in [0, 0.1) is 0 Å². The van der Waals surface area contributed by atoms with Crippen molar-refractivity contribution in [2.24, 2.45) is 0 Å². The van der Waals surface area contributed by atoms with Gasteiger partial charge in [0, 0.05) is 22.6 Å². The van der Waals surface area contributed by atoms with E-state index >= 15 is 0 Å². The molecule has 1 atom stereocenters. The first-order valence-corrected chi connectivity index (χ1v) is 15.3. The van der Waals surface area contributed by atoms with Gasteiger partial charge in [0.25, 0.3) is 0 Å². The monoisotopic (exact) mass is 583 g/mol. The van der Waals surface area contributed by atoms with Crippen LogP contribution in [0.1, 0.15) is 51.0 Å². The third kappa shape index (κ3) is 8.25. The van der Waals surface area contributed by atoms with Crippen LogP contribution < -0.4 is 14.4 Å². The summed E-state index contributed by atoms with van der Waals surface area (Å²) in [7, 11) is -2.32. The maximum atomic E-state index is 13.8. The zero-order valence-corrected chi connectivity index (χ0v) is 24.3. The molecule has 0 spiro atoms. The minimum absolute atomic E-state index is 0.0735. The Kier molecular flexibility index (Phi) is 10.7. The largest absolute Gasteiger partial charge is 0.497 e. The molecule has 0 radical (unpaired) electrons. The fourth-order valence-electron chi connectivity index (χ4n) is 4.69. The lowest BCUT2D eigenvalue weighted by Crippen LogP contribution is -2.53. The fourth-order valence-corrected chi connectivity index (χ4v) is 6.04. The van der Waals surface area contributed by atoms with E-state index in [4.69, 9.17) is 27.9 Å². The molecule has 1 fully saturated rings. The van der Waals surface area contributed by atoms with E-state index in [1.165, 1.54) is 23.1 Å². The summed E-state index contributed by atoms with van der Waals surface area (Å²) < 4.78 is 31.7. The van der Waals surface area contributed by atoms with Gasteiger partial charge >= 0.3 is 0 Å². The number of carbonyl (C=O) groups excluding carboxylic acids is 2. The second-order valence-corrected chi connectivity index (χ2v) is 12.3. The average Bonchev–Trinajstić information content (AvgIpc) is 2.86. The lowest BCUT2D eigenvalue weighted by Gasteiger charge is -2.34. The Hall–Kier alpha value is -2.49. The SMILES string of the molecule is CCC(C(=O)NC1CCCCC1)N(Cc1ccc(OC)cc1)C(=O)CN(c1cc(Cl)cc(Cl)c1)S(C)(=O)=O. The van der Waals surface area contributed by atoms with Crippen molar-refractivity contribution < 1.29 is 22.7 Å². The van der Waals surface area contributed by atoms with E-state index in [9.17, 15) is 18.0 Å². The predicted molar refractivity (Wildman–Crippen MR) is 151 cm³/mol. The fraction of sp³-hybridized carbons (Fsp3) is 0.481. The molecule has 38 heavy (non-hydrogen) atoms. The standard InChI is InChI=1S/C27H35Cl2N3O5S/c1-4-25(27(34)30-22-8-6-5-7-9-22)31(17-19-10-12-24(37-2)13-11-19)26(33)18-32(38(3,35)36)23-15-20(28)14-21(29)16-23/h10-16,22,25H,4-9,17-18H2,1-3H3,(H,30,34). The van der Waals surface area contributed by atoms with Crippen molar-refractivity contribution in [3.05, 3.63) is 58.1 Å². The van der Waals surface area contributed by atoms with Gasteiger partial charge in [0.1, 0.15) is 18.3 Å². The smallest absolute Gasteiger partial charge is 0.244 e. The molecule has 2 aromatic carbocycles. The number of anilines is 1. The highest BCUT2D eigenvalue weighted by Crippen LogP contribution is 2.28. The second-order valence-electron chi connectivity index (χ2n) is 9.53. The van der Waals surface area contributed by atoms with Crippen LogP contribution in [0.2, 0.25) is 10.0 Å². The summed E-state index contributed by atoms with van der Waals surface area (Å²) in [4.78, 5) is 28.7. The number of carbonyl (C=O) groups is 2. The third-order valence-corrected chi connectivity index (χ3v) is 8.24. The van der Waals surface area contributed by atoms with Crippen molar-refractivity contribution in [3.63, 3.8) is 0 Å². The van der Waals surface area contributed by atoms with Crippen LogP contribution in [0.5, 0.6) is 5.75 Å². The molecule has 0 aromatic heterocycles. The van der Waals surface area contributed by atoms with Gasteiger partial charge in [0.2, 0.25) is 21.8 Å². The molecular formula is C27H35Cl2N3O5S. The summed E-state index contributed by atoms with van der Waals surface area (Å²) in [5.41, 5.74) is 0.947. The first kappa shape index (κ1) is 30.1. The van der Waals surface area contributed by atoms with Gasteiger partial charge in [-0.2, -0.15) is 0 Å². The molecule has 0 aliphatic heterocycles. The van der Waals surface area contributed by atoms with Gasteiger partial charge in [0.05, 0.1) is 19.1 Å². The maximum absolute atomic E-state index is 13.8. The molecule has 1 aliphatic carbocycles. The van der Waals surface area contributed by atoms with E-state index < -0.39 is 28.5 Å². The molecule has 2 amide bonds. The lowest BCUT2D eigenvalue weighted by molar-refractivity contribution is -0.140. The summed E-state index contributed by atoms with van der Waals surface area (Å²) in [5, 5.41) is 3.60. The Morgan fingerprint density at radius 2 is 1.66 bits per heavy atom. The van der Waals surface area contributed by atoms with Crippen LogP contribution in [0.4, 0.5) is 5.69 Å². The number of methoxy groups -OCH3 is 1. The summed E-state index contributed by atoms with van der Waals surface area (Å²) >= 11 is 12.2. The van der Waals surface area contributed by atoms with Gasteiger partial charge in [0.15, 0.2) is 0 Å². The van der Waals surface area contributed by atoms with Crippen molar-refractivity contribution >= 4 is 50.7 Å². The zero-order valence-electron chi connectivity index (χ0n) is 22.0. The Morgan fingerprint density at radius 1 is 1.05 bits per heavy atom. The van der Waals surface area contributed by atoms with E-state index in [0.717, 1.165) is 48.2 Å². The number of hydrogen-bond donors (Lipinski definition) is 1. The number of benzene rings is 2. The van der Waals surface area contributed by atoms with Crippen LogP contribution in [0.15, 0.2) is 42.5 Å². The van der Waals surface area contributed by atoms with E-state index in [-0.39, 0.29) is 34.2 Å². The van der Waals surface area contributed by atoms with Crippen molar-refractivity contribution in [2.45, 2.75) is 64.1 Å². The minimum atomic E-state index is -3.89. The van der Waals surface area contributed by atoms with E-state index in [0.29, 0.717) is 12.2 Å². The molecule has 1 saturated carbocycles. The van der Waals surface area contributed by atoms with Crippen LogP contribution in [-0.4, -0.2) is 57.1 Å². The van der Waals surface area contributed by atoms with Crippen molar-refractivity contribution in [1.82, 2.24) is 10.2 Å². The minimum Gasteiger partial charge on any atom is -0.497 e. The van der Waals surface area contributed by atoms with Gasteiger partial charge in [-0.05, 0) is 55.2 Å². The highest BCUT2D eigenvalue weighted by Gasteiger charge is 2.33. The molecule has 3 rings (SSSR count). The van der Waals surface area contributed by atoms with Crippen LogP contribution in [-0.2, 0) is 26.2 Å². The molecule has 11 heteroatoms. The van der Waals surface area contributed by atoms with E-state index in [2.05, 4.69) is 5.32 Å². The van der Waals surface area contributed by atoms with E-state index in [1.54, 1.807) is 19.2 Å². The highest BCUT2D eigenvalue weighted by atomic mass is 35.5. The number of ether oxygens (including phenoxy) is 1. The van der Waals surface area contributed by atoms with Crippen LogP contribution in [0.25, 0.3) is 0 Å². The normalized spacial score (nSPS) is 15.0. The molecule has 1 unspecified atom stereocenters. The Balaban J connectivity index is 1.93. The molecule has 0 saturated heterocycles. The van der Waals surface area contributed by atoms with Gasteiger partial charge < -0.3 is 15.0 Å². The summed E-state index contributed by atoms with van der Waals surface area (Å²) in [5.74, 6) is -0.0965. The number of halogens is 2. The number of nitrogens with zero attached hydrogens (tertiary/aromatic N) is 2. The maximum Gasteiger partial charge on any atom is 0.244 e. The summed E-state index contributed by atoms with van der Waals surface area (Å²) in [6.07, 6.45) is 6.46. The molecular weight excluding hydrogens is 549 g/mol. The quantitative estimate of drug-likeness (QED) is 0.400. The number of sulfonamides is 1. The molecule has 0 heterocycles. The zero-order chi connectivity index (χ0) is 27.9. The van der Waals surface area contributed by atoms with Gasteiger partial charge in [-0.3, -0.25) is 13.9 Å². The molecule has 0 bridgehead atoms. The highest BCUT2D eigenvalue weighted by molar-refractivity contribution is 7.92. The Bertz CT molecular complexity index is 1200. The van der Waals surface area contributed by atoms with Gasteiger partial charge in [-0.25, -0.2) is 8.42 Å². The first-order valence-electron chi connectivity index (χ1n) is 12.7. The van der Waals surface area contributed by atoms with Gasteiger partial charge in [-0.15, -0.1) is 0 Å². The molecule has 208 valence electrons. The number of amides is 2. The number of rotatable bonds is 11. The lowest BCUT2D eigenvalue weighted by atomic mass is 9.95. The number of nitrogens with one attached hydrogen (secondary N) is 1. The van der Waals surface area contributed by atoms with Crippen molar-refractivity contribution in [2.75, 3.05) is 24.2 Å². The molecule has 8 nitrogen and oxygen atoms in total. The summed E-state index contributed by atoms with van der Waals surface area (Å²) in [6.45, 7) is 1.44. The van der Waals surface area contributed by atoms with Crippen molar-refractivity contribution in [3.8, 4) is 5.75 Å². The third-order valence-electron chi connectivity index (χ3n) is 6.66. The predicted octanol–water partition coefficient (Wildman–Crippen LogP) is 5.02. The molecule has 1 aliphatic rings. The topological polar surface area (TPSA) is 96.0 Å².